The average Bonchev–Trinajstić information content (AvgIpc) is 3.38. The topological polar surface area (TPSA) is 116 Å². The van der Waals surface area contributed by atoms with Gasteiger partial charge in [0, 0.05) is 35.7 Å². The molecule has 140 valence electrons. The molecule has 0 unspecified atom stereocenters. The maximum atomic E-state index is 13.1. The highest BCUT2D eigenvalue weighted by Crippen LogP contribution is 2.43. The fraction of sp³-hybridized carbons (Fsp3) is 0.211. The molecule has 0 saturated carbocycles. The van der Waals surface area contributed by atoms with Gasteiger partial charge >= 0.3 is 0 Å². The quantitative estimate of drug-likeness (QED) is 0.550. The number of nitro groups is 1. The highest BCUT2D eigenvalue weighted by atomic mass is 16.6. The van der Waals surface area contributed by atoms with Gasteiger partial charge < -0.3 is 9.73 Å². The second kappa shape index (κ2) is 6.15. The number of non-ortho nitro benzene ring substituents is 1. The molecule has 3 aromatic rings. The number of Topliss-reactive ketones (excluding diaryl/α,β-unsaturated/α-hetero) is 1. The highest BCUT2D eigenvalue weighted by Gasteiger charge is 2.39. The molecule has 5 rings (SSSR count). The molecule has 2 aromatic heterocycles. The maximum Gasteiger partial charge on any atom is 0.269 e. The Morgan fingerprint density at radius 3 is 2.75 bits per heavy atom. The van der Waals surface area contributed by atoms with E-state index in [1.165, 1.54) is 18.5 Å². The van der Waals surface area contributed by atoms with Crippen LogP contribution in [0.5, 0.6) is 0 Å². The number of nitrogens with zero attached hydrogens (tertiary/aromatic N) is 4. The third-order valence-electron chi connectivity index (χ3n) is 5.23. The maximum absolute atomic E-state index is 13.1. The van der Waals surface area contributed by atoms with Gasteiger partial charge in [0.25, 0.3) is 5.69 Å². The normalized spacial score (nSPS) is 21.1. The smallest absolute Gasteiger partial charge is 0.269 e. The number of carbonyl (C=O) groups is 1. The lowest BCUT2D eigenvalue weighted by Gasteiger charge is -2.34. The summed E-state index contributed by atoms with van der Waals surface area (Å²) in [5.74, 6) is 1.27. The number of nitro benzene ring substituents is 1. The molecule has 1 N–H and O–H groups in total. The van der Waals surface area contributed by atoms with Crippen molar-refractivity contribution >= 4 is 17.4 Å². The van der Waals surface area contributed by atoms with Crippen molar-refractivity contribution in [3.05, 3.63) is 81.7 Å². The highest BCUT2D eigenvalue weighted by molar-refractivity contribution is 6.00. The zero-order valence-corrected chi connectivity index (χ0v) is 14.6. The molecule has 0 bridgehead atoms. The Morgan fingerprint density at radius 2 is 2.04 bits per heavy atom. The summed E-state index contributed by atoms with van der Waals surface area (Å²) >= 11 is 0. The van der Waals surface area contributed by atoms with E-state index in [1.54, 1.807) is 23.1 Å². The number of anilines is 1. The van der Waals surface area contributed by atoms with E-state index in [1.807, 2.05) is 12.1 Å². The third kappa shape index (κ3) is 2.51. The summed E-state index contributed by atoms with van der Waals surface area (Å²) in [4.78, 5) is 27.9. The van der Waals surface area contributed by atoms with E-state index in [2.05, 4.69) is 15.4 Å². The first kappa shape index (κ1) is 16.4. The summed E-state index contributed by atoms with van der Waals surface area (Å²) in [5, 5.41) is 18.5. The predicted molar refractivity (Wildman–Crippen MR) is 97.6 cm³/mol. The Hall–Kier alpha value is -3.75. The first-order valence-electron chi connectivity index (χ1n) is 8.82. The van der Waals surface area contributed by atoms with Crippen LogP contribution in [0.1, 0.15) is 36.1 Å². The predicted octanol–water partition coefficient (Wildman–Crippen LogP) is 3.20. The number of nitrogens with one attached hydrogen (secondary N) is 1. The molecule has 0 saturated heterocycles. The Labute approximate surface area is 158 Å². The van der Waals surface area contributed by atoms with Gasteiger partial charge in [0.2, 0.25) is 5.95 Å². The summed E-state index contributed by atoms with van der Waals surface area (Å²) in [6.45, 7) is 0. The number of hydrogen-bond acceptors (Lipinski definition) is 7. The third-order valence-corrected chi connectivity index (χ3v) is 5.23. The fourth-order valence-electron chi connectivity index (χ4n) is 3.96. The molecule has 2 aliphatic rings. The average molecular weight is 377 g/mol. The van der Waals surface area contributed by atoms with Crippen molar-refractivity contribution in [2.45, 2.75) is 24.8 Å². The molecule has 1 aliphatic heterocycles. The van der Waals surface area contributed by atoms with E-state index < -0.39 is 11.0 Å². The largest absolute Gasteiger partial charge is 0.469 e. The lowest BCUT2D eigenvalue weighted by Crippen LogP contribution is -2.33. The number of allylic oxidation sites excluding steroid dienone is 2. The Morgan fingerprint density at radius 1 is 1.21 bits per heavy atom. The van der Waals surface area contributed by atoms with Crippen LogP contribution >= 0.6 is 0 Å². The van der Waals surface area contributed by atoms with E-state index in [4.69, 9.17) is 4.42 Å². The van der Waals surface area contributed by atoms with Gasteiger partial charge in [0.05, 0.1) is 11.2 Å². The summed E-state index contributed by atoms with van der Waals surface area (Å²) in [6.07, 6.45) is 3.98. The van der Waals surface area contributed by atoms with Crippen molar-refractivity contribution in [2.24, 2.45) is 0 Å². The lowest BCUT2D eigenvalue weighted by molar-refractivity contribution is -0.384. The van der Waals surface area contributed by atoms with Crippen LogP contribution in [0, 0.1) is 10.1 Å². The standard InChI is InChI=1S/C19H15N5O4/c25-15-9-12(16-2-1-7-28-16)8-14-17(15)18(23-19(22-14)20-10-21-23)11-3-5-13(6-4-11)24(26)27/h1-7,10,12,18H,8-9H2,(H,20,21,22)/t12-,18-/m0/s1. The van der Waals surface area contributed by atoms with E-state index in [9.17, 15) is 14.9 Å². The molecule has 3 heterocycles. The molecular formula is C19H15N5O4. The van der Waals surface area contributed by atoms with Crippen LogP contribution in [0.4, 0.5) is 11.6 Å². The van der Waals surface area contributed by atoms with Crippen molar-refractivity contribution in [3.63, 3.8) is 0 Å². The number of furan rings is 1. The Kier molecular flexibility index (Phi) is 3.61. The van der Waals surface area contributed by atoms with Gasteiger partial charge in [-0.1, -0.05) is 0 Å². The number of benzene rings is 1. The van der Waals surface area contributed by atoms with Gasteiger partial charge in [-0.25, -0.2) is 4.68 Å². The van der Waals surface area contributed by atoms with Gasteiger partial charge in [-0.3, -0.25) is 14.9 Å². The lowest BCUT2D eigenvalue weighted by atomic mass is 9.79. The molecule has 28 heavy (non-hydrogen) atoms. The Balaban J connectivity index is 1.59. The minimum Gasteiger partial charge on any atom is -0.469 e. The molecule has 0 amide bonds. The van der Waals surface area contributed by atoms with Gasteiger partial charge in [0.15, 0.2) is 5.78 Å². The molecule has 1 aromatic carbocycles. The minimum atomic E-state index is -0.473. The number of hydrogen-bond donors (Lipinski definition) is 1. The summed E-state index contributed by atoms with van der Waals surface area (Å²) < 4.78 is 7.15. The van der Waals surface area contributed by atoms with Gasteiger partial charge in [-0.2, -0.15) is 10.1 Å². The van der Waals surface area contributed by atoms with Crippen molar-refractivity contribution in [2.75, 3.05) is 5.32 Å². The van der Waals surface area contributed by atoms with Crippen LogP contribution in [0.2, 0.25) is 0 Å². The van der Waals surface area contributed by atoms with Crippen LogP contribution in [0.15, 0.2) is 64.7 Å². The monoisotopic (exact) mass is 377 g/mol. The fourth-order valence-corrected chi connectivity index (χ4v) is 3.96. The second-order valence-electron chi connectivity index (χ2n) is 6.84. The molecule has 9 heteroatoms. The zero-order chi connectivity index (χ0) is 19.3. The molecule has 0 radical (unpaired) electrons. The number of fused-ring (bicyclic) bond motifs is 1. The van der Waals surface area contributed by atoms with Crippen molar-refractivity contribution < 1.29 is 14.1 Å². The van der Waals surface area contributed by atoms with Crippen molar-refractivity contribution in [1.82, 2.24) is 14.8 Å². The first-order valence-corrected chi connectivity index (χ1v) is 8.82. The van der Waals surface area contributed by atoms with Crippen molar-refractivity contribution in [1.29, 1.82) is 0 Å². The van der Waals surface area contributed by atoms with Crippen LogP contribution in [0.3, 0.4) is 0 Å². The van der Waals surface area contributed by atoms with E-state index in [0.29, 0.717) is 24.4 Å². The molecule has 0 fully saturated rings. The number of ketones is 1. The van der Waals surface area contributed by atoms with Gasteiger partial charge in [-0.05, 0) is 36.2 Å². The second-order valence-corrected chi connectivity index (χ2v) is 6.84. The molecule has 1 aliphatic carbocycles. The molecule has 2 atom stereocenters. The Bertz CT molecular complexity index is 1100. The SMILES string of the molecule is O=C1C[C@@H](c2ccco2)CC2=C1[C@H](c1ccc([N+](=O)[O-])cc1)n1ncnc1N2. The van der Waals surface area contributed by atoms with E-state index in [-0.39, 0.29) is 17.4 Å². The number of rotatable bonds is 3. The van der Waals surface area contributed by atoms with Crippen LogP contribution in [-0.4, -0.2) is 25.5 Å². The van der Waals surface area contributed by atoms with Crippen LogP contribution < -0.4 is 5.32 Å². The first-order chi connectivity index (χ1) is 13.6. The van der Waals surface area contributed by atoms with E-state index >= 15 is 0 Å². The number of aromatic nitrogens is 3. The molecule has 0 spiro atoms. The van der Waals surface area contributed by atoms with Gasteiger partial charge in [-0.15, -0.1) is 0 Å². The van der Waals surface area contributed by atoms with E-state index in [0.717, 1.165) is 17.0 Å². The number of carbonyl (C=O) groups excluding carboxylic acids is 1. The summed E-state index contributed by atoms with van der Waals surface area (Å²) in [5.41, 5.74) is 2.16. The van der Waals surface area contributed by atoms with Crippen LogP contribution in [0.25, 0.3) is 0 Å². The minimum absolute atomic E-state index is 0.000322. The van der Waals surface area contributed by atoms with Crippen molar-refractivity contribution in [3.8, 4) is 0 Å². The molecular weight excluding hydrogens is 362 g/mol. The molecule has 9 nitrogen and oxygen atoms in total. The summed E-state index contributed by atoms with van der Waals surface area (Å²) in [6, 6.07) is 9.42. The zero-order valence-electron chi connectivity index (χ0n) is 14.6. The summed E-state index contributed by atoms with van der Waals surface area (Å²) in [7, 11) is 0. The van der Waals surface area contributed by atoms with Crippen LogP contribution in [-0.2, 0) is 4.79 Å². The van der Waals surface area contributed by atoms with Gasteiger partial charge in [0.1, 0.15) is 18.1 Å².